The van der Waals surface area contributed by atoms with Crippen LogP contribution in [0.25, 0.3) is 0 Å². The van der Waals surface area contributed by atoms with Crippen molar-refractivity contribution in [3.05, 3.63) is 87.5 Å². The van der Waals surface area contributed by atoms with E-state index in [0.29, 0.717) is 0 Å². The summed E-state index contributed by atoms with van der Waals surface area (Å²) in [6.07, 6.45) is -6.74. The van der Waals surface area contributed by atoms with Crippen molar-refractivity contribution in [2.75, 3.05) is 33.4 Å². The van der Waals surface area contributed by atoms with Gasteiger partial charge in [-0.15, -0.1) is 0 Å². The van der Waals surface area contributed by atoms with Gasteiger partial charge in [-0.3, -0.25) is 33.6 Å². The highest BCUT2D eigenvalue weighted by Gasteiger charge is 2.50. The molecular formula is C42H47N5O15. The number of benzene rings is 3. The molecule has 2 aliphatic carbocycles. The number of phenols is 2. The number of aromatic hydroxyl groups is 2. The standard InChI is InChI=1S/C42H47N5O15/c1-19-36(53)23(46-30(52)17-44-29(51)16-45-41(58)24(47-28(50)15-43)11-20-7-4-3-5-8-20)12-31(61-19)62-26-14-42(59,27(49)18-48)13-22-33(26)40(57)35-34(38(22)55)37(54)21-9-6-10-25(60-2)32(21)39(35)56/h3-10,19,23-24,26,31,36,48,53,55,57,59H,11-18,43H2,1-2H3,(H,44,51)(H,45,58)(H,46,52)(H,47,50)/t19-,23-,24-,26-,31-,36+,42-/m0/s1. The molecule has 1 fully saturated rings. The number of aliphatic hydroxyl groups is 3. The van der Waals surface area contributed by atoms with Gasteiger partial charge in [-0.1, -0.05) is 42.5 Å². The van der Waals surface area contributed by atoms with Gasteiger partial charge in [0, 0.05) is 42.4 Å². The number of methoxy groups -OCH3 is 1. The highest BCUT2D eigenvalue weighted by Crippen LogP contribution is 2.52. The van der Waals surface area contributed by atoms with E-state index in [9.17, 15) is 59.1 Å². The van der Waals surface area contributed by atoms with E-state index in [1.54, 1.807) is 30.3 Å². The lowest BCUT2D eigenvalue weighted by molar-refractivity contribution is -0.249. The molecule has 1 heterocycles. The molecule has 62 heavy (non-hydrogen) atoms. The van der Waals surface area contributed by atoms with Crippen LogP contribution in [0.2, 0.25) is 0 Å². The number of carbonyl (C=O) groups excluding carboxylic acids is 7. The fraction of sp³-hybridized carbons (Fsp3) is 0.405. The number of nitrogens with one attached hydrogen (secondary N) is 4. The summed E-state index contributed by atoms with van der Waals surface area (Å²) in [5.41, 5.74) is 1.75. The van der Waals surface area contributed by atoms with Crippen LogP contribution in [0, 0.1) is 0 Å². The molecule has 20 heteroatoms. The van der Waals surface area contributed by atoms with Gasteiger partial charge in [-0.25, -0.2) is 0 Å². The van der Waals surface area contributed by atoms with Gasteiger partial charge in [0.25, 0.3) is 0 Å². The highest BCUT2D eigenvalue weighted by molar-refractivity contribution is 6.31. The Kier molecular flexibility index (Phi) is 13.7. The first-order valence-electron chi connectivity index (χ1n) is 19.6. The molecule has 1 saturated heterocycles. The number of nitrogens with two attached hydrogens (primary N) is 1. The Labute approximate surface area is 353 Å². The summed E-state index contributed by atoms with van der Waals surface area (Å²) in [7, 11) is 1.28. The SMILES string of the molecule is COc1cccc2c1C(=O)c1c(O)c3c(c(O)c1C2=O)C[C@@](O)(C(=O)CO)C[C@@H]3O[C@H]1C[C@H](NC(=O)CNC(=O)CNC(=O)[C@H](Cc2ccccc2)NC(=O)CN)[C@H](O)[C@H](C)O1. The molecule has 330 valence electrons. The third-order valence-corrected chi connectivity index (χ3v) is 11.1. The molecule has 0 aromatic heterocycles. The van der Waals surface area contributed by atoms with E-state index in [4.69, 9.17) is 19.9 Å². The summed E-state index contributed by atoms with van der Waals surface area (Å²) in [4.78, 5) is 91.3. The van der Waals surface area contributed by atoms with Gasteiger partial charge in [0.15, 0.2) is 17.9 Å². The maximum Gasteiger partial charge on any atom is 0.243 e. The Balaban J connectivity index is 1.15. The van der Waals surface area contributed by atoms with Gasteiger partial charge in [0.05, 0.1) is 61.7 Å². The number of phenolic OH excluding ortho intramolecular Hbond substituents is 2. The summed E-state index contributed by atoms with van der Waals surface area (Å²) in [6.45, 7) is -1.18. The third-order valence-electron chi connectivity index (χ3n) is 11.1. The minimum Gasteiger partial charge on any atom is -0.507 e. The number of Topliss-reactive ketones (excluding diaryl/α,β-unsaturated/α-hetero) is 1. The van der Waals surface area contributed by atoms with Crippen molar-refractivity contribution < 1.29 is 73.3 Å². The number of hydrogen-bond donors (Lipinski definition) is 10. The van der Waals surface area contributed by atoms with Crippen molar-refractivity contribution in [3.63, 3.8) is 0 Å². The largest absolute Gasteiger partial charge is 0.507 e. The minimum absolute atomic E-state index is 0.0272. The molecule has 3 aromatic rings. The predicted octanol–water partition coefficient (Wildman–Crippen LogP) is -1.92. The van der Waals surface area contributed by atoms with Gasteiger partial charge in [0.2, 0.25) is 29.4 Å². The lowest BCUT2D eigenvalue weighted by atomic mass is 9.72. The van der Waals surface area contributed by atoms with Crippen LogP contribution in [0.3, 0.4) is 0 Å². The van der Waals surface area contributed by atoms with Crippen molar-refractivity contribution in [2.45, 2.75) is 74.9 Å². The molecule has 0 unspecified atom stereocenters. The van der Waals surface area contributed by atoms with Crippen molar-refractivity contribution in [3.8, 4) is 17.2 Å². The van der Waals surface area contributed by atoms with E-state index in [1.807, 2.05) is 0 Å². The molecule has 4 amide bonds. The lowest BCUT2D eigenvalue weighted by Crippen LogP contribution is -2.57. The number of fused-ring (bicyclic) bond motifs is 3. The van der Waals surface area contributed by atoms with Crippen LogP contribution in [-0.4, -0.2) is 136 Å². The van der Waals surface area contributed by atoms with Crippen LogP contribution in [-0.2, 0) is 46.3 Å². The Morgan fingerprint density at radius 1 is 0.919 bits per heavy atom. The van der Waals surface area contributed by atoms with Gasteiger partial charge in [-0.2, -0.15) is 0 Å². The molecule has 0 saturated carbocycles. The van der Waals surface area contributed by atoms with Gasteiger partial charge in [0.1, 0.15) is 41.6 Å². The number of amides is 4. The van der Waals surface area contributed by atoms with Crippen molar-refractivity contribution in [1.29, 1.82) is 0 Å². The number of ketones is 3. The fourth-order valence-corrected chi connectivity index (χ4v) is 7.96. The van der Waals surface area contributed by atoms with Gasteiger partial charge in [-0.05, 0) is 18.6 Å². The average Bonchev–Trinajstić information content (AvgIpc) is 3.26. The molecular weight excluding hydrogens is 814 g/mol. The average molecular weight is 862 g/mol. The number of ether oxygens (including phenoxy) is 3. The smallest absolute Gasteiger partial charge is 0.243 e. The zero-order valence-electron chi connectivity index (χ0n) is 33.6. The first-order valence-corrected chi connectivity index (χ1v) is 19.6. The van der Waals surface area contributed by atoms with Gasteiger partial charge >= 0.3 is 0 Å². The normalized spacial score (nSPS) is 23.2. The molecule has 3 aromatic carbocycles. The zero-order valence-corrected chi connectivity index (χ0v) is 33.6. The van der Waals surface area contributed by atoms with Crippen molar-refractivity contribution in [1.82, 2.24) is 21.3 Å². The van der Waals surface area contributed by atoms with Crippen molar-refractivity contribution >= 4 is 41.0 Å². The Morgan fingerprint density at radius 3 is 2.29 bits per heavy atom. The summed E-state index contributed by atoms with van der Waals surface area (Å²) in [6, 6.07) is 10.9. The lowest BCUT2D eigenvalue weighted by Gasteiger charge is -2.43. The second kappa shape index (κ2) is 18.8. The van der Waals surface area contributed by atoms with Crippen LogP contribution in [0.1, 0.15) is 74.4 Å². The van der Waals surface area contributed by atoms with E-state index >= 15 is 0 Å². The monoisotopic (exact) mass is 861 g/mol. The first-order chi connectivity index (χ1) is 29.5. The number of carbonyl (C=O) groups is 7. The summed E-state index contributed by atoms with van der Waals surface area (Å²) in [5, 5.41) is 65.5. The summed E-state index contributed by atoms with van der Waals surface area (Å²) in [5.74, 6) is -7.11. The molecule has 7 atom stereocenters. The van der Waals surface area contributed by atoms with Crippen LogP contribution in [0.15, 0.2) is 48.5 Å². The number of hydrogen-bond acceptors (Lipinski definition) is 16. The first kappa shape index (κ1) is 45.2. The van der Waals surface area contributed by atoms with E-state index in [-0.39, 0.29) is 47.4 Å². The van der Waals surface area contributed by atoms with Crippen LogP contribution >= 0.6 is 0 Å². The molecule has 0 spiro atoms. The number of aliphatic hydroxyl groups excluding tert-OH is 2. The zero-order chi connectivity index (χ0) is 45.0. The summed E-state index contributed by atoms with van der Waals surface area (Å²) >= 11 is 0. The molecule has 6 rings (SSSR count). The van der Waals surface area contributed by atoms with Crippen molar-refractivity contribution in [2.24, 2.45) is 5.73 Å². The second-order valence-corrected chi connectivity index (χ2v) is 15.2. The molecule has 20 nitrogen and oxygen atoms in total. The predicted molar refractivity (Wildman–Crippen MR) is 213 cm³/mol. The minimum atomic E-state index is -2.40. The number of rotatable bonds is 15. The molecule has 1 aliphatic heterocycles. The Hall–Kier alpha value is -6.29. The van der Waals surface area contributed by atoms with Crippen LogP contribution < -0.4 is 31.7 Å². The Morgan fingerprint density at radius 2 is 1.61 bits per heavy atom. The highest BCUT2D eigenvalue weighted by atomic mass is 16.7. The molecule has 11 N–H and O–H groups in total. The van der Waals surface area contributed by atoms with Gasteiger partial charge < -0.3 is 66.7 Å². The quantitative estimate of drug-likeness (QED) is 0.0583. The summed E-state index contributed by atoms with van der Waals surface area (Å²) < 4.78 is 17.4. The maximum absolute atomic E-state index is 14.0. The van der Waals surface area contributed by atoms with Crippen LogP contribution in [0.5, 0.6) is 17.2 Å². The van der Waals surface area contributed by atoms with E-state index in [1.165, 1.54) is 32.2 Å². The van der Waals surface area contributed by atoms with E-state index < -0.39 is 138 Å². The molecule has 3 aliphatic rings. The Bertz CT molecular complexity index is 2290. The molecule has 0 bridgehead atoms. The van der Waals surface area contributed by atoms with E-state index in [0.717, 1.165) is 5.56 Å². The third kappa shape index (κ3) is 9.15. The maximum atomic E-state index is 14.0. The fourth-order valence-electron chi connectivity index (χ4n) is 7.96. The van der Waals surface area contributed by atoms with E-state index in [2.05, 4.69) is 21.3 Å². The second-order valence-electron chi connectivity index (χ2n) is 15.2. The van der Waals surface area contributed by atoms with Crippen LogP contribution in [0.4, 0.5) is 0 Å². The topological polar surface area (TPSA) is 322 Å². The molecule has 0 radical (unpaired) electrons.